The monoisotopic (exact) mass is 454 g/mol. The lowest BCUT2D eigenvalue weighted by atomic mass is 10.0. The lowest BCUT2D eigenvalue weighted by Crippen LogP contribution is -2.30. The van der Waals surface area contributed by atoms with Crippen molar-refractivity contribution < 1.29 is 19.1 Å². The van der Waals surface area contributed by atoms with Crippen molar-refractivity contribution in [2.45, 2.75) is 32.7 Å². The molecule has 1 N–H and O–H groups in total. The molecular formula is C28H26N2O4. The highest BCUT2D eigenvalue weighted by molar-refractivity contribution is 6.35. The van der Waals surface area contributed by atoms with Gasteiger partial charge in [-0.15, -0.1) is 0 Å². The molecule has 1 heterocycles. The van der Waals surface area contributed by atoms with Crippen molar-refractivity contribution >= 4 is 23.4 Å². The second kappa shape index (κ2) is 8.45. The number of nitrogens with one attached hydrogen (secondary N) is 1. The zero-order chi connectivity index (χ0) is 24.0. The standard InChI is InChI=1S/C28H26N2O4/c1-16-4-5-17(2)24(14-16)30-27(32)22-13-10-20(15-23(22)28(30)33)26(31)29-25(18-6-7-18)19-8-11-21(34-3)12-9-19/h4-5,8-15,18,25H,6-7H2,1-3H3,(H,29,31). The van der Waals surface area contributed by atoms with Gasteiger partial charge < -0.3 is 10.1 Å². The summed E-state index contributed by atoms with van der Waals surface area (Å²) >= 11 is 0. The van der Waals surface area contributed by atoms with E-state index in [1.54, 1.807) is 19.2 Å². The third-order valence-corrected chi connectivity index (χ3v) is 6.61. The van der Waals surface area contributed by atoms with Gasteiger partial charge in [-0.1, -0.05) is 24.3 Å². The molecule has 6 nitrogen and oxygen atoms in total. The minimum atomic E-state index is -0.405. The number of fused-ring (bicyclic) bond motifs is 1. The van der Waals surface area contributed by atoms with Crippen LogP contribution >= 0.6 is 0 Å². The first kappa shape index (κ1) is 21.9. The van der Waals surface area contributed by atoms with Crippen LogP contribution in [0.4, 0.5) is 5.69 Å². The summed E-state index contributed by atoms with van der Waals surface area (Å²) in [4.78, 5) is 40.7. The fraction of sp³-hybridized carbons (Fsp3) is 0.250. The minimum Gasteiger partial charge on any atom is -0.497 e. The summed E-state index contributed by atoms with van der Waals surface area (Å²) in [5.74, 6) is 0.113. The largest absolute Gasteiger partial charge is 0.497 e. The third-order valence-electron chi connectivity index (χ3n) is 6.61. The summed E-state index contributed by atoms with van der Waals surface area (Å²) in [5, 5.41) is 3.14. The van der Waals surface area contributed by atoms with E-state index in [9.17, 15) is 14.4 Å². The topological polar surface area (TPSA) is 75.7 Å². The molecule has 0 radical (unpaired) electrons. The van der Waals surface area contributed by atoms with Crippen molar-refractivity contribution in [2.75, 3.05) is 12.0 Å². The molecule has 1 unspecified atom stereocenters. The van der Waals surface area contributed by atoms with E-state index in [0.717, 1.165) is 35.3 Å². The Morgan fingerprint density at radius 2 is 1.65 bits per heavy atom. The van der Waals surface area contributed by atoms with Gasteiger partial charge in [-0.05, 0) is 85.7 Å². The van der Waals surface area contributed by atoms with Crippen LogP contribution in [0.3, 0.4) is 0 Å². The SMILES string of the molecule is COc1ccc(C(NC(=O)c2ccc3c(c2)C(=O)N(c2cc(C)ccc2C)C3=O)C2CC2)cc1. The molecule has 1 aliphatic heterocycles. The molecule has 0 aromatic heterocycles. The van der Waals surface area contributed by atoms with Gasteiger partial charge in [0.25, 0.3) is 17.7 Å². The molecular weight excluding hydrogens is 428 g/mol. The Morgan fingerprint density at radius 3 is 2.32 bits per heavy atom. The highest BCUT2D eigenvalue weighted by atomic mass is 16.5. The molecule has 1 fully saturated rings. The molecule has 172 valence electrons. The number of nitrogens with zero attached hydrogens (tertiary/aromatic N) is 1. The van der Waals surface area contributed by atoms with E-state index in [1.807, 2.05) is 56.3 Å². The zero-order valence-electron chi connectivity index (χ0n) is 19.4. The van der Waals surface area contributed by atoms with Crippen molar-refractivity contribution in [1.29, 1.82) is 0 Å². The molecule has 5 rings (SSSR count). The lowest BCUT2D eigenvalue weighted by molar-refractivity contribution is 0.0919. The number of ether oxygens (including phenoxy) is 1. The molecule has 0 saturated heterocycles. The highest BCUT2D eigenvalue weighted by Gasteiger charge is 2.38. The molecule has 0 bridgehead atoms. The van der Waals surface area contributed by atoms with Gasteiger partial charge in [-0.3, -0.25) is 14.4 Å². The predicted octanol–water partition coefficient (Wildman–Crippen LogP) is 4.99. The highest BCUT2D eigenvalue weighted by Crippen LogP contribution is 2.41. The van der Waals surface area contributed by atoms with Gasteiger partial charge in [0.05, 0.1) is 30.0 Å². The number of carbonyl (C=O) groups is 3. The molecule has 3 aromatic carbocycles. The van der Waals surface area contributed by atoms with E-state index in [0.29, 0.717) is 22.7 Å². The Labute approximate surface area is 198 Å². The molecule has 0 spiro atoms. The maximum absolute atomic E-state index is 13.2. The average molecular weight is 455 g/mol. The normalized spacial score (nSPS) is 15.8. The van der Waals surface area contributed by atoms with Gasteiger partial charge >= 0.3 is 0 Å². The zero-order valence-corrected chi connectivity index (χ0v) is 19.4. The third kappa shape index (κ3) is 3.85. The van der Waals surface area contributed by atoms with Gasteiger partial charge in [-0.25, -0.2) is 4.90 Å². The van der Waals surface area contributed by atoms with Crippen LogP contribution in [0.5, 0.6) is 5.75 Å². The summed E-state index contributed by atoms with van der Waals surface area (Å²) < 4.78 is 5.24. The van der Waals surface area contributed by atoms with Crippen LogP contribution in [-0.2, 0) is 0 Å². The Bertz CT molecular complexity index is 1310. The van der Waals surface area contributed by atoms with E-state index >= 15 is 0 Å². The Balaban J connectivity index is 1.41. The van der Waals surface area contributed by atoms with E-state index < -0.39 is 5.91 Å². The fourth-order valence-electron chi connectivity index (χ4n) is 4.50. The molecule has 6 heteroatoms. The van der Waals surface area contributed by atoms with E-state index in [1.165, 1.54) is 11.0 Å². The Hall–Kier alpha value is -3.93. The predicted molar refractivity (Wildman–Crippen MR) is 129 cm³/mol. The molecule has 1 atom stereocenters. The summed E-state index contributed by atoms with van der Waals surface area (Å²) in [7, 11) is 1.62. The van der Waals surface area contributed by atoms with Gasteiger partial charge in [0, 0.05) is 5.56 Å². The van der Waals surface area contributed by atoms with Crippen molar-refractivity contribution in [3.05, 3.63) is 94.0 Å². The quantitative estimate of drug-likeness (QED) is 0.532. The number of benzene rings is 3. The maximum atomic E-state index is 13.2. The van der Waals surface area contributed by atoms with Crippen LogP contribution in [0.1, 0.15) is 66.6 Å². The number of rotatable bonds is 6. The van der Waals surface area contributed by atoms with Gasteiger partial charge in [-0.2, -0.15) is 0 Å². The first-order valence-electron chi connectivity index (χ1n) is 11.4. The number of imide groups is 1. The minimum absolute atomic E-state index is 0.115. The number of hydrogen-bond acceptors (Lipinski definition) is 4. The van der Waals surface area contributed by atoms with Crippen molar-refractivity contribution in [3.63, 3.8) is 0 Å². The van der Waals surface area contributed by atoms with Gasteiger partial charge in [0.15, 0.2) is 0 Å². The van der Waals surface area contributed by atoms with Crippen LogP contribution in [0, 0.1) is 19.8 Å². The number of anilines is 1. The summed E-state index contributed by atoms with van der Waals surface area (Å²) in [5.41, 5.74) is 4.33. The fourth-order valence-corrected chi connectivity index (χ4v) is 4.50. The van der Waals surface area contributed by atoms with E-state index in [4.69, 9.17) is 4.74 Å². The van der Waals surface area contributed by atoms with Gasteiger partial charge in [0.2, 0.25) is 0 Å². The smallest absolute Gasteiger partial charge is 0.266 e. The molecule has 1 saturated carbocycles. The number of hydrogen-bond donors (Lipinski definition) is 1. The van der Waals surface area contributed by atoms with Crippen molar-refractivity contribution in [2.24, 2.45) is 5.92 Å². The van der Waals surface area contributed by atoms with Crippen molar-refractivity contribution in [1.82, 2.24) is 5.32 Å². The van der Waals surface area contributed by atoms with Crippen LogP contribution in [0.15, 0.2) is 60.7 Å². The number of methoxy groups -OCH3 is 1. The van der Waals surface area contributed by atoms with Crippen LogP contribution in [-0.4, -0.2) is 24.8 Å². The first-order chi connectivity index (χ1) is 16.4. The lowest BCUT2D eigenvalue weighted by Gasteiger charge is -2.19. The summed E-state index contributed by atoms with van der Waals surface area (Å²) in [6.45, 7) is 3.79. The van der Waals surface area contributed by atoms with Crippen LogP contribution in [0.2, 0.25) is 0 Å². The Kier molecular flexibility index (Phi) is 5.44. The van der Waals surface area contributed by atoms with E-state index in [2.05, 4.69) is 5.32 Å². The maximum Gasteiger partial charge on any atom is 0.266 e. The first-order valence-corrected chi connectivity index (χ1v) is 11.4. The average Bonchev–Trinajstić information content (AvgIpc) is 3.66. The molecule has 34 heavy (non-hydrogen) atoms. The number of aryl methyl sites for hydroxylation is 2. The molecule has 3 aromatic rings. The molecule has 3 amide bonds. The molecule has 2 aliphatic rings. The molecule has 1 aliphatic carbocycles. The van der Waals surface area contributed by atoms with Crippen LogP contribution in [0.25, 0.3) is 0 Å². The number of carbonyl (C=O) groups excluding carboxylic acids is 3. The van der Waals surface area contributed by atoms with Gasteiger partial charge in [0.1, 0.15) is 5.75 Å². The second-order valence-electron chi connectivity index (χ2n) is 9.06. The summed E-state index contributed by atoms with van der Waals surface area (Å²) in [6.07, 6.45) is 2.11. The van der Waals surface area contributed by atoms with Crippen LogP contribution < -0.4 is 15.0 Å². The summed E-state index contributed by atoms with van der Waals surface area (Å²) in [6, 6.07) is 18.0. The van der Waals surface area contributed by atoms with Crippen molar-refractivity contribution in [3.8, 4) is 5.75 Å². The van der Waals surface area contributed by atoms with E-state index in [-0.39, 0.29) is 23.4 Å². The Morgan fingerprint density at radius 1 is 0.941 bits per heavy atom. The second-order valence-corrected chi connectivity index (χ2v) is 9.06. The number of amides is 3.